The van der Waals surface area contributed by atoms with Gasteiger partial charge in [-0.2, -0.15) is 5.10 Å². The van der Waals surface area contributed by atoms with Crippen molar-refractivity contribution in [2.24, 2.45) is 5.92 Å². The molecule has 1 unspecified atom stereocenters. The van der Waals surface area contributed by atoms with Crippen LogP contribution in [0.2, 0.25) is 0 Å². The van der Waals surface area contributed by atoms with Gasteiger partial charge >= 0.3 is 0 Å². The lowest BCUT2D eigenvalue weighted by atomic mass is 9.95. The Hall–Kier alpha value is -3.55. The minimum Gasteiger partial charge on any atom is -0.324 e. The van der Waals surface area contributed by atoms with E-state index in [-0.39, 0.29) is 23.1 Å². The van der Waals surface area contributed by atoms with E-state index in [2.05, 4.69) is 10.4 Å². The van der Waals surface area contributed by atoms with E-state index in [9.17, 15) is 18.4 Å². The van der Waals surface area contributed by atoms with Gasteiger partial charge in [-0.3, -0.25) is 19.2 Å². The van der Waals surface area contributed by atoms with Gasteiger partial charge in [0.25, 0.3) is 12.3 Å². The lowest BCUT2D eigenvalue weighted by Crippen LogP contribution is -2.48. The molecule has 208 valence electrons. The summed E-state index contributed by atoms with van der Waals surface area (Å²) in [4.78, 5) is 29.7. The molecule has 2 aromatic carbocycles. The van der Waals surface area contributed by atoms with E-state index in [1.807, 2.05) is 45.9 Å². The lowest BCUT2D eigenvalue weighted by Gasteiger charge is -2.32. The van der Waals surface area contributed by atoms with Gasteiger partial charge in [-0.1, -0.05) is 62.9 Å². The Morgan fingerprint density at radius 1 is 1.10 bits per heavy atom. The fourth-order valence-corrected chi connectivity index (χ4v) is 5.38. The number of hydrogen-bond acceptors (Lipinski definition) is 3. The first kappa shape index (κ1) is 28.5. The number of anilines is 2. The molecule has 1 atom stereocenters. The smallest absolute Gasteiger partial charge is 0.263 e. The van der Waals surface area contributed by atoms with Gasteiger partial charge < -0.3 is 5.32 Å². The summed E-state index contributed by atoms with van der Waals surface area (Å²) in [6.45, 7) is 7.97. The Morgan fingerprint density at radius 2 is 1.79 bits per heavy atom. The third-order valence-corrected chi connectivity index (χ3v) is 7.66. The number of carbonyl (C=O) groups excluding carboxylic acids is 2. The third kappa shape index (κ3) is 6.54. The maximum atomic E-state index is 14.1. The van der Waals surface area contributed by atoms with Crippen LogP contribution in [0.3, 0.4) is 0 Å². The van der Waals surface area contributed by atoms with Crippen LogP contribution in [0, 0.1) is 12.8 Å². The molecule has 1 aromatic heterocycles. The molecule has 1 N–H and O–H groups in total. The second-order valence-corrected chi connectivity index (χ2v) is 10.7. The zero-order chi connectivity index (χ0) is 28.1. The Kier molecular flexibility index (Phi) is 9.15. The number of rotatable bonds is 10. The third-order valence-electron chi connectivity index (χ3n) is 7.66. The standard InChI is InChI=1S/C31H38F2N4O2/c1-5-23-12-8-9-21(4)28(23)35-30(38)27(17-22-10-6-7-11-22)37(26-18-34-36(19-26)20(2)3)31(39)25-15-13-24(14-16-25)29(32)33/h8-9,12-16,18-20,22,27,29H,5-7,10-11,17H2,1-4H3,(H,35,38). The molecule has 1 aliphatic carbocycles. The van der Waals surface area contributed by atoms with Crippen LogP contribution in [0.15, 0.2) is 54.9 Å². The number of alkyl halides is 2. The van der Waals surface area contributed by atoms with Crippen LogP contribution in [0.5, 0.6) is 0 Å². The number of hydrogen-bond donors (Lipinski definition) is 1. The molecule has 1 aliphatic rings. The molecule has 2 amide bonds. The Bertz CT molecular complexity index is 1280. The quantitative estimate of drug-likeness (QED) is 0.292. The first-order chi connectivity index (χ1) is 18.7. The summed E-state index contributed by atoms with van der Waals surface area (Å²) in [5.41, 5.74) is 3.34. The van der Waals surface area contributed by atoms with Crippen molar-refractivity contribution < 1.29 is 18.4 Å². The zero-order valence-electron chi connectivity index (χ0n) is 23.2. The summed E-state index contributed by atoms with van der Waals surface area (Å²) in [7, 11) is 0. The number of nitrogens with zero attached hydrogens (tertiary/aromatic N) is 3. The Morgan fingerprint density at radius 3 is 2.38 bits per heavy atom. The van der Waals surface area contributed by atoms with Crippen molar-refractivity contribution in [3.05, 3.63) is 77.1 Å². The molecular weight excluding hydrogens is 498 g/mol. The zero-order valence-corrected chi connectivity index (χ0v) is 23.2. The SMILES string of the molecule is CCc1cccc(C)c1NC(=O)C(CC1CCCC1)N(C(=O)c1ccc(C(F)F)cc1)c1cnn(C(C)C)c1. The summed E-state index contributed by atoms with van der Waals surface area (Å²) in [6.07, 6.45) is 6.22. The normalized spacial score (nSPS) is 14.7. The summed E-state index contributed by atoms with van der Waals surface area (Å²) in [5.74, 6) is -0.376. The van der Waals surface area contributed by atoms with Gasteiger partial charge in [-0.25, -0.2) is 8.78 Å². The van der Waals surface area contributed by atoms with Crippen LogP contribution in [0.25, 0.3) is 0 Å². The second kappa shape index (κ2) is 12.5. The van der Waals surface area contributed by atoms with Crippen LogP contribution >= 0.6 is 0 Å². The summed E-state index contributed by atoms with van der Waals surface area (Å²) in [5, 5.41) is 7.60. The second-order valence-electron chi connectivity index (χ2n) is 10.7. The van der Waals surface area contributed by atoms with E-state index in [4.69, 9.17) is 0 Å². The van der Waals surface area contributed by atoms with Gasteiger partial charge in [0.05, 0.1) is 11.9 Å². The van der Waals surface area contributed by atoms with Gasteiger partial charge in [0.2, 0.25) is 5.91 Å². The predicted molar refractivity (Wildman–Crippen MR) is 150 cm³/mol. The van der Waals surface area contributed by atoms with Gasteiger partial charge in [0, 0.05) is 29.1 Å². The predicted octanol–water partition coefficient (Wildman–Crippen LogP) is 7.51. The number of halogens is 2. The Balaban J connectivity index is 1.77. The van der Waals surface area contributed by atoms with Gasteiger partial charge in [-0.15, -0.1) is 0 Å². The first-order valence-electron chi connectivity index (χ1n) is 13.8. The molecule has 1 fully saturated rings. The van der Waals surface area contributed by atoms with Crippen LogP contribution in [0.4, 0.5) is 20.2 Å². The van der Waals surface area contributed by atoms with Crippen LogP contribution in [0.1, 0.15) is 92.4 Å². The maximum Gasteiger partial charge on any atom is 0.263 e. The summed E-state index contributed by atoms with van der Waals surface area (Å²) in [6, 6.07) is 10.5. The van der Waals surface area contributed by atoms with Crippen LogP contribution in [-0.2, 0) is 11.2 Å². The largest absolute Gasteiger partial charge is 0.324 e. The highest BCUT2D eigenvalue weighted by molar-refractivity contribution is 6.11. The highest BCUT2D eigenvalue weighted by Gasteiger charge is 2.36. The number of aryl methyl sites for hydroxylation is 2. The molecule has 6 nitrogen and oxygen atoms in total. The van der Waals surface area contributed by atoms with Crippen molar-refractivity contribution in [1.82, 2.24) is 9.78 Å². The number of amides is 2. The minimum absolute atomic E-state index is 0.0576. The van der Waals surface area contributed by atoms with Gasteiger partial charge in [0.1, 0.15) is 6.04 Å². The average molecular weight is 537 g/mol. The van der Waals surface area contributed by atoms with E-state index in [0.29, 0.717) is 18.0 Å². The molecule has 0 radical (unpaired) electrons. The molecule has 0 saturated heterocycles. The minimum atomic E-state index is -2.63. The molecule has 0 spiro atoms. The molecule has 8 heteroatoms. The van der Waals surface area contributed by atoms with Crippen molar-refractivity contribution in [3.8, 4) is 0 Å². The van der Waals surface area contributed by atoms with E-state index >= 15 is 0 Å². The number of aromatic nitrogens is 2. The van der Waals surface area contributed by atoms with E-state index in [1.165, 1.54) is 29.2 Å². The molecule has 4 rings (SSSR count). The molecule has 1 saturated carbocycles. The monoisotopic (exact) mass is 536 g/mol. The van der Waals surface area contributed by atoms with Gasteiger partial charge in [-0.05, 0) is 62.8 Å². The molecule has 0 aliphatic heterocycles. The number of benzene rings is 2. The van der Waals surface area contributed by atoms with Crippen molar-refractivity contribution >= 4 is 23.2 Å². The highest BCUT2D eigenvalue weighted by atomic mass is 19.3. The highest BCUT2D eigenvalue weighted by Crippen LogP contribution is 2.33. The van der Waals surface area contributed by atoms with Crippen molar-refractivity contribution in [3.63, 3.8) is 0 Å². The first-order valence-corrected chi connectivity index (χ1v) is 13.8. The summed E-state index contributed by atoms with van der Waals surface area (Å²) >= 11 is 0. The fourth-order valence-electron chi connectivity index (χ4n) is 5.38. The number of para-hydroxylation sites is 1. The molecule has 3 aromatic rings. The van der Waals surface area contributed by atoms with E-state index < -0.39 is 18.4 Å². The number of carbonyl (C=O) groups is 2. The Labute approximate surface area is 229 Å². The van der Waals surface area contributed by atoms with Crippen LogP contribution in [-0.4, -0.2) is 27.6 Å². The van der Waals surface area contributed by atoms with E-state index in [1.54, 1.807) is 17.1 Å². The topological polar surface area (TPSA) is 67.2 Å². The average Bonchev–Trinajstić information content (AvgIpc) is 3.62. The summed E-state index contributed by atoms with van der Waals surface area (Å²) < 4.78 is 28.2. The molecule has 1 heterocycles. The van der Waals surface area contributed by atoms with Crippen molar-refractivity contribution in [2.45, 2.75) is 84.7 Å². The molecule has 39 heavy (non-hydrogen) atoms. The fraction of sp³-hybridized carbons (Fsp3) is 0.452. The maximum absolute atomic E-state index is 14.1. The van der Waals surface area contributed by atoms with Crippen molar-refractivity contribution in [2.75, 3.05) is 10.2 Å². The molecule has 0 bridgehead atoms. The van der Waals surface area contributed by atoms with E-state index in [0.717, 1.165) is 48.9 Å². The lowest BCUT2D eigenvalue weighted by molar-refractivity contribution is -0.117. The number of nitrogens with one attached hydrogen (secondary N) is 1. The molecular formula is C31H38F2N4O2. The van der Waals surface area contributed by atoms with Crippen molar-refractivity contribution in [1.29, 1.82) is 0 Å². The van der Waals surface area contributed by atoms with Gasteiger partial charge in [0.15, 0.2) is 0 Å². The van der Waals surface area contributed by atoms with Crippen LogP contribution < -0.4 is 10.2 Å².